The topological polar surface area (TPSA) is 182 Å². The summed E-state index contributed by atoms with van der Waals surface area (Å²) in [5.41, 5.74) is 1.99. The Morgan fingerprint density at radius 2 is 1.38 bits per heavy atom. The predicted molar refractivity (Wildman–Crippen MR) is 115 cm³/mol. The number of rotatable bonds is 12. The van der Waals surface area contributed by atoms with Crippen LogP contribution < -0.4 is 4.90 Å². The number of hydrogen-bond acceptors (Lipinski definition) is 10. The quantitative estimate of drug-likeness (QED) is 0.230. The van der Waals surface area contributed by atoms with Gasteiger partial charge in [-0.25, -0.2) is 9.59 Å². The zero-order valence-electron chi connectivity index (χ0n) is 17.6. The molecule has 0 aromatic heterocycles. The first-order valence-electron chi connectivity index (χ1n) is 8.78. The Bertz CT molecular complexity index is 977. The van der Waals surface area contributed by atoms with Crippen molar-refractivity contribution >= 4 is 44.1 Å². The number of hydrogen-bond donors (Lipinski definition) is 2. The molecule has 0 bridgehead atoms. The number of anilines is 1. The van der Waals surface area contributed by atoms with E-state index in [2.05, 4.69) is 0 Å². The molecule has 1 aromatic rings. The molecule has 0 aliphatic carbocycles. The van der Waals surface area contributed by atoms with Crippen LogP contribution in [0.15, 0.2) is 30.4 Å². The average molecular weight is 496 g/mol. The van der Waals surface area contributed by atoms with Gasteiger partial charge in [-0.3, -0.25) is 13.2 Å². The lowest BCUT2D eigenvalue weighted by molar-refractivity contribution is -0.134. The van der Waals surface area contributed by atoms with Crippen molar-refractivity contribution in [1.29, 1.82) is 0 Å². The van der Waals surface area contributed by atoms with Crippen molar-refractivity contribution in [3.05, 3.63) is 41.5 Å². The molecule has 0 saturated carbocycles. The van der Waals surface area contributed by atoms with Gasteiger partial charge in [-0.1, -0.05) is 0 Å². The van der Waals surface area contributed by atoms with E-state index in [1.807, 2.05) is 0 Å². The highest BCUT2D eigenvalue weighted by molar-refractivity contribution is 7.86. The van der Waals surface area contributed by atoms with E-state index in [0.29, 0.717) is 23.4 Å². The van der Waals surface area contributed by atoms with E-state index in [-0.39, 0.29) is 26.3 Å². The fourth-order valence-electron chi connectivity index (χ4n) is 2.10. The highest BCUT2D eigenvalue weighted by Crippen LogP contribution is 2.18. The van der Waals surface area contributed by atoms with Gasteiger partial charge < -0.3 is 15.1 Å². The molecule has 0 spiro atoms. The van der Waals surface area contributed by atoms with Gasteiger partial charge in [-0.15, -0.1) is 0 Å². The molecule has 0 atom stereocenters. The summed E-state index contributed by atoms with van der Waals surface area (Å²) in [6.45, 7) is 2.00. The maximum atomic E-state index is 11.0. The molecule has 0 fully saturated rings. The summed E-state index contributed by atoms with van der Waals surface area (Å²) in [6, 6.07) is 5.09. The summed E-state index contributed by atoms with van der Waals surface area (Å²) >= 11 is 0. The number of nitrogens with zero attached hydrogens (tertiary/aromatic N) is 1. The Morgan fingerprint density at radius 1 is 0.938 bits per heavy atom. The van der Waals surface area contributed by atoms with E-state index in [9.17, 15) is 31.2 Å². The number of carboxylic acids is 2. The lowest BCUT2D eigenvalue weighted by Gasteiger charge is -2.25. The van der Waals surface area contributed by atoms with Crippen LogP contribution in [0.25, 0.3) is 0 Å². The average Bonchev–Trinajstić information content (AvgIpc) is 2.63. The number of carbonyl (C=O) groups is 3. The molecule has 0 aliphatic rings. The van der Waals surface area contributed by atoms with Crippen molar-refractivity contribution in [2.24, 2.45) is 0 Å². The van der Waals surface area contributed by atoms with E-state index >= 15 is 0 Å². The zero-order chi connectivity index (χ0) is 24.9. The summed E-state index contributed by atoms with van der Waals surface area (Å²) in [5, 5.41) is 15.6. The Labute approximate surface area is 186 Å². The second-order valence-corrected chi connectivity index (χ2v) is 9.50. The van der Waals surface area contributed by atoms with Crippen LogP contribution in [0.5, 0.6) is 0 Å². The minimum Gasteiger partial charge on any atom is -0.478 e. The maximum Gasteiger partial charge on any atom is 0.328 e. The lowest BCUT2D eigenvalue weighted by Crippen LogP contribution is -2.32. The largest absolute Gasteiger partial charge is 0.478 e. The molecule has 180 valence electrons. The van der Waals surface area contributed by atoms with Gasteiger partial charge in [0, 0.05) is 36.5 Å². The zero-order valence-corrected chi connectivity index (χ0v) is 19.3. The van der Waals surface area contributed by atoms with Gasteiger partial charge in [0.1, 0.15) is 6.29 Å². The fraction of sp³-hybridized carbons (Fsp3) is 0.389. The van der Waals surface area contributed by atoms with Crippen LogP contribution in [0.1, 0.15) is 15.9 Å². The van der Waals surface area contributed by atoms with Gasteiger partial charge in [0.15, 0.2) is 0 Å². The molecule has 2 N–H and O–H groups in total. The number of benzene rings is 1. The molecule has 1 aromatic carbocycles. The van der Waals surface area contributed by atoms with Crippen LogP contribution in [-0.2, 0) is 38.2 Å². The Morgan fingerprint density at radius 3 is 1.69 bits per heavy atom. The van der Waals surface area contributed by atoms with Crippen molar-refractivity contribution < 1.29 is 49.8 Å². The van der Waals surface area contributed by atoms with E-state index in [1.165, 1.54) is 0 Å². The lowest BCUT2D eigenvalue weighted by atomic mass is 10.1. The molecule has 0 aliphatic heterocycles. The third-order valence-corrected chi connectivity index (χ3v) is 4.62. The molecule has 0 unspecified atom stereocenters. The van der Waals surface area contributed by atoms with Gasteiger partial charge in [-0.05, 0) is 30.7 Å². The summed E-state index contributed by atoms with van der Waals surface area (Å²) in [6.07, 6.45) is 3.76. The number of aldehydes is 1. The van der Waals surface area contributed by atoms with Crippen LogP contribution >= 0.6 is 0 Å². The molecule has 0 amide bonds. The molecule has 14 heteroatoms. The Hall–Kier alpha value is -2.81. The van der Waals surface area contributed by atoms with Gasteiger partial charge in [-0.2, -0.15) is 16.8 Å². The SMILES string of the molecule is Cc1cc(N(CCOS(C)(=O)=O)CCOS(C)(=O)=O)ccc1C=O.O=C(O)C=CC(=O)O. The van der Waals surface area contributed by atoms with E-state index in [0.717, 1.165) is 24.4 Å². The van der Waals surface area contributed by atoms with Gasteiger partial charge >= 0.3 is 11.9 Å². The van der Waals surface area contributed by atoms with Gasteiger partial charge in [0.2, 0.25) is 0 Å². The van der Waals surface area contributed by atoms with Crippen LogP contribution in [0.2, 0.25) is 0 Å². The van der Waals surface area contributed by atoms with E-state index in [4.69, 9.17) is 18.6 Å². The van der Waals surface area contributed by atoms with Crippen molar-refractivity contribution in [2.75, 3.05) is 43.7 Å². The van der Waals surface area contributed by atoms with Gasteiger partial charge in [0.25, 0.3) is 20.2 Å². The van der Waals surface area contributed by atoms with Crippen molar-refractivity contribution in [2.45, 2.75) is 6.92 Å². The predicted octanol–water partition coefficient (Wildman–Crippen LogP) is 0.278. The third-order valence-electron chi connectivity index (χ3n) is 3.43. The molecular weight excluding hydrogens is 470 g/mol. The monoisotopic (exact) mass is 495 g/mol. The van der Waals surface area contributed by atoms with Gasteiger partial charge in [0.05, 0.1) is 25.7 Å². The minimum absolute atomic E-state index is 0.0911. The Balaban J connectivity index is 0.00000102. The van der Waals surface area contributed by atoms with Crippen molar-refractivity contribution in [3.63, 3.8) is 0 Å². The maximum absolute atomic E-state index is 11.0. The molecule has 1 rings (SSSR count). The number of carbonyl (C=O) groups excluding carboxylic acids is 1. The number of carboxylic acid groups (broad SMARTS) is 2. The molecule has 0 heterocycles. The van der Waals surface area contributed by atoms with Crippen LogP contribution in [0, 0.1) is 6.92 Å². The van der Waals surface area contributed by atoms with Crippen LogP contribution in [-0.4, -0.2) is 84.1 Å². The normalized spacial score (nSPS) is 11.5. The summed E-state index contributed by atoms with van der Waals surface area (Å²) in [7, 11) is -7.13. The highest BCUT2D eigenvalue weighted by atomic mass is 32.2. The molecule has 12 nitrogen and oxygen atoms in total. The highest BCUT2D eigenvalue weighted by Gasteiger charge is 2.12. The molecule has 0 saturated heterocycles. The number of aliphatic carboxylic acids is 2. The molecule has 32 heavy (non-hydrogen) atoms. The van der Waals surface area contributed by atoms with E-state index in [1.54, 1.807) is 30.0 Å². The molecule has 0 radical (unpaired) electrons. The first kappa shape index (κ1) is 29.2. The van der Waals surface area contributed by atoms with Crippen molar-refractivity contribution in [3.8, 4) is 0 Å². The van der Waals surface area contributed by atoms with Crippen molar-refractivity contribution in [1.82, 2.24) is 0 Å². The summed E-state index contributed by atoms with van der Waals surface area (Å²) in [5.74, 6) is -2.51. The Kier molecular flexibility index (Phi) is 12.4. The van der Waals surface area contributed by atoms with E-state index < -0.39 is 32.2 Å². The second-order valence-electron chi connectivity index (χ2n) is 6.21. The second kappa shape index (κ2) is 13.6. The summed E-state index contributed by atoms with van der Waals surface area (Å²) < 4.78 is 53.6. The fourth-order valence-corrected chi connectivity index (χ4v) is 2.85. The van der Waals surface area contributed by atoms with Crippen LogP contribution in [0.4, 0.5) is 5.69 Å². The first-order valence-corrected chi connectivity index (χ1v) is 12.4. The number of aryl methyl sites for hydroxylation is 1. The first-order chi connectivity index (χ1) is 14.6. The smallest absolute Gasteiger partial charge is 0.328 e. The summed E-state index contributed by atoms with van der Waals surface area (Å²) in [4.78, 5) is 31.7. The standard InChI is InChI=1S/C14H21NO7S2.C4H4O4/c1-12-10-14(5-4-13(12)11-16)15(6-8-21-23(2,17)18)7-9-22-24(3,19)20;5-3(6)1-2-4(7)8/h4-5,10-11H,6-9H2,1-3H3;1-2H,(H,5,6)(H,7,8). The minimum atomic E-state index is -3.56. The third kappa shape index (κ3) is 15.1. The molecular formula is C18H25NO11S2. The van der Waals surface area contributed by atoms with Crippen LogP contribution in [0.3, 0.4) is 0 Å².